The van der Waals surface area contributed by atoms with Crippen LogP contribution in [0.1, 0.15) is 42.4 Å². The van der Waals surface area contributed by atoms with Gasteiger partial charge >= 0.3 is 0 Å². The van der Waals surface area contributed by atoms with Crippen molar-refractivity contribution in [2.24, 2.45) is 5.92 Å². The molecule has 0 aliphatic heterocycles. The van der Waals surface area contributed by atoms with Gasteiger partial charge < -0.3 is 0 Å². The summed E-state index contributed by atoms with van der Waals surface area (Å²) in [7, 11) is 0. The average molecular weight is 315 g/mol. The summed E-state index contributed by atoms with van der Waals surface area (Å²) in [5.41, 5.74) is 6.36. The van der Waals surface area contributed by atoms with Gasteiger partial charge in [0, 0.05) is 17.1 Å². The van der Waals surface area contributed by atoms with Crippen LogP contribution >= 0.6 is 0 Å². The van der Waals surface area contributed by atoms with Gasteiger partial charge in [-0.05, 0) is 55.3 Å². The third kappa shape index (κ3) is 3.21. The zero-order valence-electron chi connectivity index (χ0n) is 14.7. The topological polar surface area (TPSA) is 12.9 Å². The fourth-order valence-electron chi connectivity index (χ4n) is 4.15. The minimum absolute atomic E-state index is 0.892. The molecule has 0 bridgehead atoms. The summed E-state index contributed by atoms with van der Waals surface area (Å²) in [6.07, 6.45) is 8.89. The number of pyridine rings is 1. The van der Waals surface area contributed by atoms with E-state index in [2.05, 4.69) is 56.3 Å². The second-order valence-corrected chi connectivity index (χ2v) is 7.48. The lowest BCUT2D eigenvalue weighted by molar-refractivity contribution is 0.547. The molecule has 4 rings (SSSR count). The van der Waals surface area contributed by atoms with Crippen molar-refractivity contribution in [3.8, 4) is 11.3 Å². The molecule has 0 amide bonds. The van der Waals surface area contributed by atoms with E-state index in [9.17, 15) is 0 Å². The van der Waals surface area contributed by atoms with Crippen LogP contribution in [0.2, 0.25) is 0 Å². The number of fused-ring (bicyclic) bond motifs is 1. The highest BCUT2D eigenvalue weighted by atomic mass is 14.7. The summed E-state index contributed by atoms with van der Waals surface area (Å²) in [6, 6.07) is 15.8. The summed E-state index contributed by atoms with van der Waals surface area (Å²) in [6.45, 7) is 4.30. The highest BCUT2D eigenvalue weighted by molar-refractivity contribution is 5.86. The third-order valence-electron chi connectivity index (χ3n) is 5.30. The van der Waals surface area contributed by atoms with Crippen molar-refractivity contribution in [1.82, 2.24) is 4.98 Å². The van der Waals surface area contributed by atoms with Crippen molar-refractivity contribution in [2.45, 2.75) is 46.0 Å². The van der Waals surface area contributed by atoms with E-state index in [4.69, 9.17) is 4.98 Å². The molecule has 2 aromatic carbocycles. The molecule has 1 nitrogen and oxygen atoms in total. The van der Waals surface area contributed by atoms with E-state index in [1.165, 1.54) is 65.1 Å². The van der Waals surface area contributed by atoms with Crippen LogP contribution in [0.5, 0.6) is 0 Å². The Kier molecular flexibility index (Phi) is 4.10. The Balaban J connectivity index is 1.70. The predicted octanol–water partition coefficient (Wildman–Crippen LogP) is 6.25. The quantitative estimate of drug-likeness (QED) is 0.556. The van der Waals surface area contributed by atoms with E-state index in [1.807, 2.05) is 6.20 Å². The number of aromatic nitrogens is 1. The van der Waals surface area contributed by atoms with Crippen LogP contribution in [0.4, 0.5) is 0 Å². The first-order valence-corrected chi connectivity index (χ1v) is 9.15. The summed E-state index contributed by atoms with van der Waals surface area (Å²) < 4.78 is 0. The molecule has 0 atom stereocenters. The smallest absolute Gasteiger partial charge is 0.0708 e. The Morgan fingerprint density at radius 1 is 0.875 bits per heavy atom. The van der Waals surface area contributed by atoms with Crippen molar-refractivity contribution in [3.63, 3.8) is 0 Å². The lowest BCUT2D eigenvalue weighted by Gasteiger charge is -2.11. The molecule has 24 heavy (non-hydrogen) atoms. The molecule has 0 N–H and O–H groups in total. The van der Waals surface area contributed by atoms with Crippen LogP contribution in [-0.2, 0) is 6.42 Å². The highest BCUT2D eigenvalue weighted by Gasteiger charge is 2.15. The zero-order chi connectivity index (χ0) is 16.5. The van der Waals surface area contributed by atoms with Crippen molar-refractivity contribution >= 4 is 10.8 Å². The fraction of sp³-hybridized carbons (Fsp3) is 0.348. The number of benzene rings is 2. The molecule has 0 radical (unpaired) electrons. The van der Waals surface area contributed by atoms with Crippen LogP contribution in [0.15, 0.2) is 48.7 Å². The van der Waals surface area contributed by atoms with E-state index < -0.39 is 0 Å². The molecular formula is C23H25N. The molecule has 0 saturated heterocycles. The number of aryl methyl sites for hydroxylation is 2. The van der Waals surface area contributed by atoms with E-state index in [1.54, 1.807) is 0 Å². The fourth-order valence-corrected chi connectivity index (χ4v) is 4.15. The standard InChI is InChI=1S/C23H25N/c1-16-9-17(2)11-22(10-16)23-14-21-13-19(7-8-20(21)15-24-23)12-18-5-3-4-6-18/h7-11,13-15,18H,3-6,12H2,1-2H3. The molecule has 3 aromatic rings. The van der Waals surface area contributed by atoms with Gasteiger partial charge in [-0.15, -0.1) is 0 Å². The molecule has 0 unspecified atom stereocenters. The minimum atomic E-state index is 0.892. The monoisotopic (exact) mass is 315 g/mol. The van der Waals surface area contributed by atoms with E-state index in [0.29, 0.717) is 0 Å². The molecule has 1 fully saturated rings. The lowest BCUT2D eigenvalue weighted by atomic mass is 9.96. The van der Waals surface area contributed by atoms with Crippen LogP contribution in [0, 0.1) is 19.8 Å². The van der Waals surface area contributed by atoms with Gasteiger partial charge in [0.15, 0.2) is 0 Å². The lowest BCUT2D eigenvalue weighted by Crippen LogP contribution is -1.98. The van der Waals surface area contributed by atoms with Gasteiger partial charge in [0.05, 0.1) is 5.69 Å². The van der Waals surface area contributed by atoms with Crippen molar-refractivity contribution in [3.05, 3.63) is 65.4 Å². The number of rotatable bonds is 3. The van der Waals surface area contributed by atoms with Gasteiger partial charge in [-0.3, -0.25) is 4.98 Å². The Morgan fingerprint density at radius 2 is 1.62 bits per heavy atom. The van der Waals surface area contributed by atoms with Crippen LogP contribution in [-0.4, -0.2) is 4.98 Å². The Bertz CT molecular complexity index is 852. The van der Waals surface area contributed by atoms with Crippen molar-refractivity contribution < 1.29 is 0 Å². The highest BCUT2D eigenvalue weighted by Crippen LogP contribution is 2.30. The van der Waals surface area contributed by atoms with Crippen molar-refractivity contribution in [2.75, 3.05) is 0 Å². The van der Waals surface area contributed by atoms with Crippen LogP contribution in [0.25, 0.3) is 22.0 Å². The van der Waals surface area contributed by atoms with Gasteiger partial charge in [-0.1, -0.05) is 61.1 Å². The number of hydrogen-bond acceptors (Lipinski definition) is 1. The molecule has 1 heterocycles. The maximum Gasteiger partial charge on any atom is 0.0708 e. The van der Waals surface area contributed by atoms with Gasteiger partial charge in [-0.25, -0.2) is 0 Å². The second-order valence-electron chi connectivity index (χ2n) is 7.48. The third-order valence-corrected chi connectivity index (χ3v) is 5.30. The van der Waals surface area contributed by atoms with Gasteiger partial charge in [0.2, 0.25) is 0 Å². The largest absolute Gasteiger partial charge is 0.256 e. The zero-order valence-corrected chi connectivity index (χ0v) is 14.7. The number of nitrogens with zero attached hydrogens (tertiary/aromatic N) is 1. The molecule has 122 valence electrons. The molecule has 1 heteroatoms. The van der Waals surface area contributed by atoms with Gasteiger partial charge in [0.25, 0.3) is 0 Å². The Labute approximate surface area is 144 Å². The first kappa shape index (κ1) is 15.4. The van der Waals surface area contributed by atoms with E-state index in [0.717, 1.165) is 11.6 Å². The molecule has 1 aliphatic carbocycles. The molecular weight excluding hydrogens is 290 g/mol. The summed E-state index contributed by atoms with van der Waals surface area (Å²) in [4.78, 5) is 4.69. The van der Waals surface area contributed by atoms with E-state index >= 15 is 0 Å². The summed E-state index contributed by atoms with van der Waals surface area (Å²) in [5, 5.41) is 2.55. The van der Waals surface area contributed by atoms with Gasteiger partial charge in [-0.2, -0.15) is 0 Å². The van der Waals surface area contributed by atoms with Crippen molar-refractivity contribution in [1.29, 1.82) is 0 Å². The Morgan fingerprint density at radius 3 is 2.38 bits per heavy atom. The molecule has 1 saturated carbocycles. The maximum atomic E-state index is 4.69. The van der Waals surface area contributed by atoms with Crippen LogP contribution in [0.3, 0.4) is 0 Å². The normalized spacial score (nSPS) is 15.2. The summed E-state index contributed by atoms with van der Waals surface area (Å²) >= 11 is 0. The summed E-state index contributed by atoms with van der Waals surface area (Å²) in [5.74, 6) is 0.892. The first-order valence-electron chi connectivity index (χ1n) is 9.15. The minimum Gasteiger partial charge on any atom is -0.256 e. The Hall–Kier alpha value is -2.15. The maximum absolute atomic E-state index is 4.69. The second kappa shape index (κ2) is 6.39. The molecule has 0 spiro atoms. The van der Waals surface area contributed by atoms with Gasteiger partial charge in [0.1, 0.15) is 0 Å². The molecule has 1 aliphatic rings. The van der Waals surface area contributed by atoms with E-state index in [-0.39, 0.29) is 0 Å². The SMILES string of the molecule is Cc1cc(C)cc(-c2cc3cc(CC4CCCC4)ccc3cn2)c1. The first-order chi connectivity index (χ1) is 11.7. The molecule has 1 aromatic heterocycles. The predicted molar refractivity (Wildman–Crippen MR) is 102 cm³/mol. The van der Waals surface area contributed by atoms with Crippen LogP contribution < -0.4 is 0 Å². The average Bonchev–Trinajstić information content (AvgIpc) is 3.06. The number of hydrogen-bond donors (Lipinski definition) is 0.